The molecule has 0 aromatic heterocycles. The topological polar surface area (TPSA) is 116 Å². The van der Waals surface area contributed by atoms with Crippen molar-refractivity contribution in [1.29, 1.82) is 0 Å². The molecule has 9 heteroatoms. The molecule has 0 aliphatic carbocycles. The summed E-state index contributed by atoms with van der Waals surface area (Å²) in [5.74, 6) is -2.57. The predicted molar refractivity (Wildman–Crippen MR) is 117 cm³/mol. The van der Waals surface area contributed by atoms with E-state index < -0.39 is 40.7 Å². The summed E-state index contributed by atoms with van der Waals surface area (Å²) >= 11 is 1.54. The number of thioether (sulfide) groups is 1. The maximum absolute atomic E-state index is 13.2. The molecule has 3 N–H and O–H groups in total. The molecule has 1 saturated heterocycles. The molecule has 0 unspecified atom stereocenters. The van der Waals surface area contributed by atoms with Crippen molar-refractivity contribution in [2.45, 2.75) is 69.3 Å². The number of hydrogen-bond acceptors (Lipinski definition) is 5. The quantitative estimate of drug-likeness (QED) is 0.590. The molecule has 3 amide bonds. The normalized spacial score (nSPS) is 24.0. The molecule has 8 nitrogen and oxygen atoms in total. The minimum Gasteiger partial charge on any atom is -0.480 e. The van der Waals surface area contributed by atoms with Gasteiger partial charge in [-0.3, -0.25) is 14.4 Å². The Bertz CT molecular complexity index is 918. The Hall–Kier alpha value is -2.55. The zero-order chi connectivity index (χ0) is 23.1. The number of carbonyl (C=O) groups excluding carboxylic acids is 3. The molecule has 0 radical (unpaired) electrons. The van der Waals surface area contributed by atoms with Crippen molar-refractivity contribution in [3.05, 3.63) is 35.4 Å². The first-order valence-corrected chi connectivity index (χ1v) is 11.3. The highest BCUT2D eigenvalue weighted by Crippen LogP contribution is 2.56. The van der Waals surface area contributed by atoms with Crippen molar-refractivity contribution >= 4 is 35.5 Å². The number of carboxylic acid groups (broad SMARTS) is 1. The summed E-state index contributed by atoms with van der Waals surface area (Å²) in [5, 5.41) is 14.3. The molecule has 1 fully saturated rings. The van der Waals surface area contributed by atoms with Gasteiger partial charge in [0.05, 0.1) is 0 Å². The Morgan fingerprint density at radius 3 is 2.45 bits per heavy atom. The molecule has 2 aliphatic rings. The van der Waals surface area contributed by atoms with Crippen LogP contribution in [0.2, 0.25) is 0 Å². The van der Waals surface area contributed by atoms with Crippen LogP contribution in [-0.4, -0.2) is 56.6 Å². The Morgan fingerprint density at radius 1 is 1.19 bits per heavy atom. The van der Waals surface area contributed by atoms with E-state index in [0.29, 0.717) is 12.0 Å². The van der Waals surface area contributed by atoms with E-state index in [-0.39, 0.29) is 17.2 Å². The molecule has 0 bridgehead atoms. The van der Waals surface area contributed by atoms with E-state index >= 15 is 0 Å². The van der Waals surface area contributed by atoms with Gasteiger partial charge in [-0.15, -0.1) is 11.8 Å². The molecule has 1 aromatic rings. The van der Waals surface area contributed by atoms with Crippen LogP contribution in [-0.2, 0) is 14.4 Å². The summed E-state index contributed by atoms with van der Waals surface area (Å²) in [5.41, 5.74) is 1.49. The summed E-state index contributed by atoms with van der Waals surface area (Å²) in [6.07, 6.45) is 0.588. The first-order valence-electron chi connectivity index (χ1n) is 10.4. The standard InChI is InChI=1S/C22H29N3O5S/c1-6-11(2)15(21(29)30)24-17(26)12(3)23-18(27)16-22(4,5)31-20-14-10-8-7-9-13(14)19(28)25(16)20/h7-12,15-16,20H,6H2,1-5H3,(H,23,27)(H,24,26)(H,29,30)/t11-,12-,15-,16+,20+/m0/s1. The Kier molecular flexibility index (Phi) is 6.36. The van der Waals surface area contributed by atoms with Gasteiger partial charge < -0.3 is 20.6 Å². The molecule has 0 spiro atoms. The molecular formula is C22H29N3O5S. The van der Waals surface area contributed by atoms with E-state index in [2.05, 4.69) is 10.6 Å². The van der Waals surface area contributed by atoms with Gasteiger partial charge in [-0.25, -0.2) is 4.79 Å². The van der Waals surface area contributed by atoms with E-state index in [4.69, 9.17) is 0 Å². The molecule has 168 valence electrons. The largest absolute Gasteiger partial charge is 0.480 e. The third-order valence-electron chi connectivity index (χ3n) is 6.07. The summed E-state index contributed by atoms with van der Waals surface area (Å²) < 4.78 is -0.561. The van der Waals surface area contributed by atoms with Crippen molar-refractivity contribution in [2.75, 3.05) is 0 Å². The highest BCUT2D eigenvalue weighted by atomic mass is 32.2. The highest BCUT2D eigenvalue weighted by molar-refractivity contribution is 8.01. The van der Waals surface area contributed by atoms with Crippen LogP contribution in [0.15, 0.2) is 24.3 Å². The fourth-order valence-corrected chi connectivity index (χ4v) is 5.71. The fraction of sp³-hybridized carbons (Fsp3) is 0.545. The van der Waals surface area contributed by atoms with Gasteiger partial charge in [-0.2, -0.15) is 0 Å². The van der Waals surface area contributed by atoms with Crippen LogP contribution >= 0.6 is 11.8 Å². The fourth-order valence-electron chi connectivity index (χ4n) is 4.12. The summed E-state index contributed by atoms with van der Waals surface area (Å²) in [7, 11) is 0. The van der Waals surface area contributed by atoms with E-state index in [1.165, 1.54) is 6.92 Å². The number of carbonyl (C=O) groups is 4. The molecule has 5 atom stereocenters. The maximum Gasteiger partial charge on any atom is 0.326 e. The Balaban J connectivity index is 1.74. The van der Waals surface area contributed by atoms with Gasteiger partial charge in [0, 0.05) is 10.3 Å². The van der Waals surface area contributed by atoms with E-state index in [0.717, 1.165) is 5.56 Å². The number of fused-ring (bicyclic) bond motifs is 3. The molecule has 0 saturated carbocycles. The van der Waals surface area contributed by atoms with Gasteiger partial charge in [0.25, 0.3) is 5.91 Å². The lowest BCUT2D eigenvalue weighted by atomic mass is 9.98. The number of nitrogens with one attached hydrogen (secondary N) is 2. The zero-order valence-corrected chi connectivity index (χ0v) is 19.2. The van der Waals surface area contributed by atoms with Crippen molar-refractivity contribution in [3.8, 4) is 0 Å². The third kappa shape index (κ3) is 4.15. The molecular weight excluding hydrogens is 418 g/mol. The average Bonchev–Trinajstić information content (AvgIpc) is 3.14. The van der Waals surface area contributed by atoms with Crippen LogP contribution < -0.4 is 10.6 Å². The van der Waals surface area contributed by atoms with E-state index in [1.807, 2.05) is 32.9 Å². The first-order chi connectivity index (χ1) is 14.5. The molecule has 2 aliphatic heterocycles. The highest BCUT2D eigenvalue weighted by Gasteiger charge is 2.57. The summed E-state index contributed by atoms with van der Waals surface area (Å²) in [4.78, 5) is 51.9. The number of rotatable bonds is 7. The first kappa shape index (κ1) is 23.1. The average molecular weight is 448 g/mol. The number of aliphatic carboxylic acids is 1. The van der Waals surface area contributed by atoms with Crippen LogP contribution in [0, 0.1) is 5.92 Å². The molecule has 31 heavy (non-hydrogen) atoms. The van der Waals surface area contributed by atoms with Gasteiger partial charge in [0.15, 0.2) is 0 Å². The lowest BCUT2D eigenvalue weighted by Crippen LogP contribution is -2.58. The molecule has 3 rings (SSSR count). The van der Waals surface area contributed by atoms with Crippen LogP contribution in [0.1, 0.15) is 62.3 Å². The summed E-state index contributed by atoms with van der Waals surface area (Å²) in [6.45, 7) is 8.92. The Morgan fingerprint density at radius 2 is 1.84 bits per heavy atom. The second kappa shape index (κ2) is 8.53. The van der Waals surface area contributed by atoms with Gasteiger partial charge in [0.2, 0.25) is 11.8 Å². The lowest BCUT2D eigenvalue weighted by molar-refractivity contribution is -0.143. The van der Waals surface area contributed by atoms with Gasteiger partial charge in [-0.1, -0.05) is 38.5 Å². The Labute approximate surface area is 186 Å². The minimum atomic E-state index is -1.11. The van der Waals surface area contributed by atoms with Crippen molar-refractivity contribution in [2.24, 2.45) is 5.92 Å². The third-order valence-corrected chi connectivity index (χ3v) is 7.61. The van der Waals surface area contributed by atoms with Gasteiger partial charge >= 0.3 is 5.97 Å². The van der Waals surface area contributed by atoms with E-state index in [1.54, 1.807) is 35.7 Å². The SMILES string of the molecule is CC[C@H](C)[C@H](NC(=O)[C@H](C)NC(=O)[C@H]1N2C(=O)c3ccccc3[C@H]2SC1(C)C)C(=O)O. The van der Waals surface area contributed by atoms with Crippen LogP contribution in [0.25, 0.3) is 0 Å². The maximum atomic E-state index is 13.2. The number of amides is 3. The number of nitrogens with zero attached hydrogens (tertiary/aromatic N) is 1. The smallest absolute Gasteiger partial charge is 0.326 e. The van der Waals surface area contributed by atoms with Crippen molar-refractivity contribution in [1.82, 2.24) is 15.5 Å². The number of benzene rings is 1. The molecule has 2 heterocycles. The van der Waals surface area contributed by atoms with Crippen LogP contribution in [0.4, 0.5) is 0 Å². The second-order valence-electron chi connectivity index (χ2n) is 8.72. The van der Waals surface area contributed by atoms with Gasteiger partial charge in [0.1, 0.15) is 23.5 Å². The minimum absolute atomic E-state index is 0.196. The second-order valence-corrected chi connectivity index (χ2v) is 10.5. The van der Waals surface area contributed by atoms with E-state index in [9.17, 15) is 24.3 Å². The van der Waals surface area contributed by atoms with Crippen LogP contribution in [0.5, 0.6) is 0 Å². The monoisotopic (exact) mass is 447 g/mol. The summed E-state index contributed by atoms with van der Waals surface area (Å²) in [6, 6.07) is 4.59. The van der Waals surface area contributed by atoms with Crippen molar-refractivity contribution in [3.63, 3.8) is 0 Å². The predicted octanol–water partition coefficient (Wildman–Crippen LogP) is 2.16. The number of carboxylic acids is 1. The van der Waals surface area contributed by atoms with Crippen LogP contribution in [0.3, 0.4) is 0 Å². The number of hydrogen-bond donors (Lipinski definition) is 3. The van der Waals surface area contributed by atoms with Crippen molar-refractivity contribution < 1.29 is 24.3 Å². The van der Waals surface area contributed by atoms with Gasteiger partial charge in [-0.05, 0) is 38.3 Å². The molecule has 1 aromatic carbocycles. The lowest BCUT2D eigenvalue weighted by Gasteiger charge is -2.31. The zero-order valence-electron chi connectivity index (χ0n) is 18.3.